The number of hydrogen-bond acceptors (Lipinski definition) is 3. The first-order valence-electron chi connectivity index (χ1n) is 6.30. The van der Waals surface area contributed by atoms with Crippen LogP contribution in [0.4, 0.5) is 13.2 Å². The van der Waals surface area contributed by atoms with Gasteiger partial charge in [-0.2, -0.15) is 23.5 Å². The molecule has 0 saturated heterocycles. The maximum Gasteiger partial charge on any atom is 0.417 e. The van der Waals surface area contributed by atoms with Gasteiger partial charge in [0.2, 0.25) is 0 Å². The van der Waals surface area contributed by atoms with Crippen molar-refractivity contribution in [2.75, 3.05) is 0 Å². The van der Waals surface area contributed by atoms with E-state index in [-0.39, 0.29) is 22.3 Å². The lowest BCUT2D eigenvalue weighted by molar-refractivity contribution is -0.136. The fraction of sp³-hybridized carbons (Fsp3) is 0.214. The lowest BCUT2D eigenvalue weighted by atomic mass is 10.1. The van der Waals surface area contributed by atoms with Gasteiger partial charge in [-0.3, -0.25) is 9.25 Å². The molecule has 0 bridgehead atoms. The van der Waals surface area contributed by atoms with Crippen LogP contribution in [0.15, 0.2) is 24.7 Å². The van der Waals surface area contributed by atoms with Crippen LogP contribution < -0.4 is 0 Å². The Balaban J connectivity index is 2.43. The Morgan fingerprint density at radius 2 is 2.00 bits per heavy atom. The molecule has 0 aliphatic carbocycles. The Bertz CT molecular complexity index is 911. The molecule has 0 radical (unpaired) electrons. The summed E-state index contributed by atoms with van der Waals surface area (Å²) in [5, 5.41) is 13.0. The minimum Gasteiger partial charge on any atom is -0.297 e. The number of halogens is 3. The van der Waals surface area contributed by atoms with Crippen LogP contribution in [0.1, 0.15) is 16.8 Å². The zero-order chi connectivity index (χ0) is 16.1. The molecule has 112 valence electrons. The first kappa shape index (κ1) is 14.1. The highest BCUT2D eigenvalue weighted by Gasteiger charge is 2.35. The van der Waals surface area contributed by atoms with Gasteiger partial charge in [0.25, 0.3) is 0 Å². The fourth-order valence-corrected chi connectivity index (χ4v) is 2.39. The third-order valence-electron chi connectivity index (χ3n) is 3.28. The predicted molar refractivity (Wildman–Crippen MR) is 72.3 cm³/mol. The van der Waals surface area contributed by atoms with Crippen LogP contribution in [0.3, 0.4) is 0 Å². The zero-order valence-corrected chi connectivity index (χ0v) is 11.7. The van der Waals surface area contributed by atoms with Crippen molar-refractivity contribution in [1.82, 2.24) is 19.3 Å². The van der Waals surface area contributed by atoms with Gasteiger partial charge >= 0.3 is 6.18 Å². The van der Waals surface area contributed by atoms with Gasteiger partial charge in [0, 0.05) is 30.5 Å². The van der Waals surface area contributed by atoms with E-state index in [1.54, 1.807) is 13.2 Å². The Kier molecular flexibility index (Phi) is 2.95. The molecule has 8 heteroatoms. The number of nitrogens with zero attached hydrogens (tertiary/aromatic N) is 5. The number of nitriles is 1. The lowest BCUT2D eigenvalue weighted by Gasteiger charge is -2.10. The number of aromatic nitrogens is 4. The summed E-state index contributed by atoms with van der Waals surface area (Å²) in [7, 11) is 1.69. The molecular weight excluding hydrogens is 295 g/mol. The molecule has 3 aromatic rings. The van der Waals surface area contributed by atoms with E-state index in [4.69, 9.17) is 0 Å². The van der Waals surface area contributed by atoms with Crippen LogP contribution in [0.5, 0.6) is 0 Å². The van der Waals surface area contributed by atoms with Gasteiger partial charge in [-0.15, -0.1) is 0 Å². The molecular formula is C14H10F3N5. The van der Waals surface area contributed by atoms with Crippen molar-refractivity contribution >= 4 is 11.0 Å². The van der Waals surface area contributed by atoms with E-state index in [9.17, 15) is 18.4 Å². The molecule has 0 fully saturated rings. The van der Waals surface area contributed by atoms with Gasteiger partial charge < -0.3 is 0 Å². The highest BCUT2D eigenvalue weighted by atomic mass is 19.4. The topological polar surface area (TPSA) is 59.4 Å². The molecule has 0 aliphatic rings. The Morgan fingerprint density at radius 1 is 1.27 bits per heavy atom. The molecule has 0 spiro atoms. The van der Waals surface area contributed by atoms with Crippen molar-refractivity contribution < 1.29 is 13.2 Å². The quantitative estimate of drug-likeness (QED) is 0.694. The van der Waals surface area contributed by atoms with Crippen LogP contribution in [0.25, 0.3) is 16.7 Å². The summed E-state index contributed by atoms with van der Waals surface area (Å²) < 4.78 is 42.8. The fourth-order valence-electron chi connectivity index (χ4n) is 2.39. The van der Waals surface area contributed by atoms with Crippen LogP contribution in [0.2, 0.25) is 0 Å². The molecule has 0 saturated carbocycles. The number of fused-ring (bicyclic) bond motifs is 1. The zero-order valence-electron chi connectivity index (χ0n) is 11.7. The molecule has 0 aliphatic heterocycles. The lowest BCUT2D eigenvalue weighted by Crippen LogP contribution is -2.08. The summed E-state index contributed by atoms with van der Waals surface area (Å²) in [6.45, 7) is 1.49. The first-order chi connectivity index (χ1) is 10.3. The van der Waals surface area contributed by atoms with Crippen LogP contribution >= 0.6 is 0 Å². The van der Waals surface area contributed by atoms with E-state index in [1.807, 2.05) is 6.07 Å². The molecule has 3 heterocycles. The number of alkyl halides is 3. The highest BCUT2D eigenvalue weighted by Crippen LogP contribution is 2.37. The van der Waals surface area contributed by atoms with Crippen molar-refractivity contribution in [2.24, 2.45) is 7.05 Å². The molecule has 3 aromatic heterocycles. The molecule has 0 atom stereocenters. The van der Waals surface area contributed by atoms with Gasteiger partial charge in [-0.05, 0) is 13.0 Å². The second-order valence-corrected chi connectivity index (χ2v) is 4.90. The van der Waals surface area contributed by atoms with E-state index >= 15 is 0 Å². The largest absolute Gasteiger partial charge is 0.417 e. The summed E-state index contributed by atoms with van der Waals surface area (Å²) in [5.74, 6) is 0. The van der Waals surface area contributed by atoms with Crippen molar-refractivity contribution in [3.8, 4) is 11.8 Å². The monoisotopic (exact) mass is 305 g/mol. The highest BCUT2D eigenvalue weighted by molar-refractivity contribution is 5.88. The standard InChI is InChI=1S/C14H10F3N5/c1-8-3-11(14(15,16)17)12-9(4-18)6-22(13(12)20-8)10-5-19-21(2)7-10/h3,5-7H,1-2H3. The molecule has 22 heavy (non-hydrogen) atoms. The molecule has 3 rings (SSSR count). The van der Waals surface area contributed by atoms with Crippen molar-refractivity contribution in [2.45, 2.75) is 13.1 Å². The first-order valence-corrected chi connectivity index (χ1v) is 6.30. The number of pyridine rings is 1. The Labute approximate surface area is 123 Å². The Hall–Kier alpha value is -2.82. The van der Waals surface area contributed by atoms with Crippen molar-refractivity contribution in [3.63, 3.8) is 0 Å². The van der Waals surface area contributed by atoms with Crippen molar-refractivity contribution in [1.29, 1.82) is 5.26 Å². The summed E-state index contributed by atoms with van der Waals surface area (Å²) in [5.41, 5.74) is -0.0578. The van der Waals surface area contributed by atoms with Gasteiger partial charge in [0.15, 0.2) is 0 Å². The van der Waals surface area contributed by atoms with E-state index in [1.165, 1.54) is 28.6 Å². The predicted octanol–water partition coefficient (Wildman–Crippen LogP) is 2.96. The summed E-state index contributed by atoms with van der Waals surface area (Å²) in [4.78, 5) is 4.18. The summed E-state index contributed by atoms with van der Waals surface area (Å²) >= 11 is 0. The molecule has 0 aromatic carbocycles. The van der Waals surface area contributed by atoms with Gasteiger partial charge in [0.05, 0.1) is 23.0 Å². The van der Waals surface area contributed by atoms with E-state index in [0.29, 0.717) is 5.69 Å². The smallest absolute Gasteiger partial charge is 0.297 e. The van der Waals surface area contributed by atoms with Gasteiger partial charge in [-0.1, -0.05) is 0 Å². The van der Waals surface area contributed by atoms with E-state index in [0.717, 1.165) is 6.07 Å². The maximum absolute atomic E-state index is 13.3. The number of aryl methyl sites for hydroxylation is 2. The number of rotatable bonds is 1. The third kappa shape index (κ3) is 2.11. The van der Waals surface area contributed by atoms with Gasteiger partial charge in [0.1, 0.15) is 11.7 Å². The Morgan fingerprint density at radius 3 is 2.55 bits per heavy atom. The summed E-state index contributed by atoms with van der Waals surface area (Å²) in [6.07, 6.45) is -0.0717. The molecule has 0 N–H and O–H groups in total. The molecule has 0 amide bonds. The van der Waals surface area contributed by atoms with Gasteiger partial charge in [-0.25, -0.2) is 4.98 Å². The van der Waals surface area contributed by atoms with Crippen LogP contribution in [-0.4, -0.2) is 19.3 Å². The third-order valence-corrected chi connectivity index (χ3v) is 3.28. The molecule has 5 nitrogen and oxygen atoms in total. The van der Waals surface area contributed by atoms with E-state index in [2.05, 4.69) is 10.1 Å². The second-order valence-electron chi connectivity index (χ2n) is 4.90. The van der Waals surface area contributed by atoms with Crippen LogP contribution in [0, 0.1) is 18.3 Å². The second kappa shape index (κ2) is 4.59. The van der Waals surface area contributed by atoms with E-state index < -0.39 is 11.7 Å². The normalized spacial score (nSPS) is 11.8. The average Bonchev–Trinajstić information content (AvgIpc) is 3.00. The molecule has 0 unspecified atom stereocenters. The minimum absolute atomic E-state index is 0.0707. The van der Waals surface area contributed by atoms with Crippen LogP contribution in [-0.2, 0) is 13.2 Å². The maximum atomic E-state index is 13.3. The SMILES string of the molecule is Cc1cc(C(F)(F)F)c2c(C#N)cn(-c3cnn(C)c3)c2n1. The number of hydrogen-bond donors (Lipinski definition) is 0. The average molecular weight is 305 g/mol. The van der Waals surface area contributed by atoms with Crippen molar-refractivity contribution in [3.05, 3.63) is 41.5 Å². The minimum atomic E-state index is -4.56. The summed E-state index contributed by atoms with van der Waals surface area (Å²) in [6, 6.07) is 2.77.